The summed E-state index contributed by atoms with van der Waals surface area (Å²) in [5, 5.41) is 6.50. The molecule has 0 bridgehead atoms. The highest BCUT2D eigenvalue weighted by atomic mass is 16.5. The van der Waals surface area contributed by atoms with Crippen molar-refractivity contribution in [1.29, 1.82) is 0 Å². The van der Waals surface area contributed by atoms with Gasteiger partial charge in [0.1, 0.15) is 5.76 Å². The van der Waals surface area contributed by atoms with E-state index in [0.717, 1.165) is 57.3 Å². The summed E-state index contributed by atoms with van der Waals surface area (Å²) in [4.78, 5) is 8.52. The lowest BCUT2D eigenvalue weighted by Gasteiger charge is -2.22. The van der Waals surface area contributed by atoms with Crippen molar-refractivity contribution >= 4 is 5.96 Å². The zero-order valence-electron chi connectivity index (χ0n) is 15.9. The van der Waals surface area contributed by atoms with E-state index in [2.05, 4.69) is 41.4 Å². The van der Waals surface area contributed by atoms with Crippen LogP contribution in [-0.4, -0.2) is 50.5 Å². The van der Waals surface area contributed by atoms with Crippen molar-refractivity contribution in [3.63, 3.8) is 0 Å². The number of aromatic nitrogens is 1. The molecule has 0 amide bonds. The smallest absolute Gasteiger partial charge is 0.213 e. The molecule has 0 unspecified atom stereocenters. The Morgan fingerprint density at radius 3 is 2.72 bits per heavy atom. The summed E-state index contributed by atoms with van der Waals surface area (Å²) >= 11 is 0. The van der Waals surface area contributed by atoms with Crippen molar-refractivity contribution in [3.05, 3.63) is 17.8 Å². The molecule has 7 nitrogen and oxygen atoms in total. The first kappa shape index (κ1) is 19.7. The van der Waals surface area contributed by atoms with E-state index in [1.54, 1.807) is 13.2 Å². The van der Waals surface area contributed by atoms with Crippen LogP contribution in [0.25, 0.3) is 0 Å². The minimum atomic E-state index is -0.0321. The van der Waals surface area contributed by atoms with E-state index >= 15 is 0 Å². The molecular formula is C18H32N4O3. The number of nitrogens with zero attached hydrogens (tertiary/aromatic N) is 2. The molecule has 0 atom stereocenters. The first-order valence-electron chi connectivity index (χ1n) is 9.08. The number of hydrogen-bond acceptors (Lipinski definition) is 5. The van der Waals surface area contributed by atoms with Crippen LogP contribution in [0.2, 0.25) is 0 Å². The van der Waals surface area contributed by atoms with E-state index in [-0.39, 0.29) is 5.41 Å². The van der Waals surface area contributed by atoms with Crippen LogP contribution >= 0.6 is 0 Å². The molecule has 1 aromatic heterocycles. The monoisotopic (exact) mass is 352 g/mol. The van der Waals surface area contributed by atoms with E-state index in [9.17, 15) is 0 Å². The van der Waals surface area contributed by atoms with Crippen LogP contribution in [0.1, 0.15) is 51.7 Å². The molecule has 142 valence electrons. The lowest BCUT2D eigenvalue weighted by Crippen LogP contribution is -2.37. The first-order chi connectivity index (χ1) is 12.0. The summed E-state index contributed by atoms with van der Waals surface area (Å²) in [6, 6.07) is 0. The number of ether oxygens (including phenoxy) is 2. The molecule has 2 rings (SSSR count). The Labute approximate surface area is 150 Å². The van der Waals surface area contributed by atoms with Crippen molar-refractivity contribution in [1.82, 2.24) is 15.6 Å². The third kappa shape index (κ3) is 7.04. The van der Waals surface area contributed by atoms with Gasteiger partial charge in [-0.1, -0.05) is 20.8 Å². The first-order valence-corrected chi connectivity index (χ1v) is 9.08. The van der Waals surface area contributed by atoms with Gasteiger partial charge in [0.05, 0.1) is 18.8 Å². The summed E-state index contributed by atoms with van der Waals surface area (Å²) in [5.74, 6) is 2.29. The van der Waals surface area contributed by atoms with Crippen LogP contribution < -0.4 is 10.6 Å². The van der Waals surface area contributed by atoms with E-state index in [4.69, 9.17) is 13.9 Å². The van der Waals surface area contributed by atoms with E-state index in [1.165, 1.54) is 0 Å². The molecule has 2 N–H and O–H groups in total. The van der Waals surface area contributed by atoms with Crippen molar-refractivity contribution < 1.29 is 13.9 Å². The highest BCUT2D eigenvalue weighted by molar-refractivity contribution is 5.79. The van der Waals surface area contributed by atoms with E-state index in [1.807, 2.05) is 0 Å². The van der Waals surface area contributed by atoms with Crippen molar-refractivity contribution in [3.8, 4) is 0 Å². The fraction of sp³-hybridized carbons (Fsp3) is 0.778. The fourth-order valence-corrected chi connectivity index (χ4v) is 2.49. The number of guanidine groups is 1. The van der Waals surface area contributed by atoms with Gasteiger partial charge in [-0.2, -0.15) is 0 Å². The van der Waals surface area contributed by atoms with Crippen LogP contribution in [0.5, 0.6) is 0 Å². The SMILES string of the molecule is CN=C(NCCCOC1CCOCC1)NCc1ncc(C(C)(C)C)o1. The molecule has 1 aromatic rings. The van der Waals surface area contributed by atoms with Gasteiger partial charge in [-0.3, -0.25) is 4.99 Å². The molecule has 0 radical (unpaired) electrons. The van der Waals surface area contributed by atoms with Gasteiger partial charge in [0, 0.05) is 38.8 Å². The maximum absolute atomic E-state index is 5.86. The van der Waals surface area contributed by atoms with Crippen LogP contribution in [0, 0.1) is 0 Å². The zero-order valence-corrected chi connectivity index (χ0v) is 15.9. The molecule has 1 aliphatic heterocycles. The van der Waals surface area contributed by atoms with Gasteiger partial charge in [-0.05, 0) is 19.3 Å². The Kier molecular flexibility index (Phi) is 7.71. The molecule has 0 spiro atoms. The van der Waals surface area contributed by atoms with Gasteiger partial charge < -0.3 is 24.5 Å². The van der Waals surface area contributed by atoms with Crippen LogP contribution in [0.15, 0.2) is 15.6 Å². The number of oxazole rings is 1. The van der Waals surface area contributed by atoms with Crippen LogP contribution in [0.3, 0.4) is 0 Å². The van der Waals surface area contributed by atoms with Crippen molar-refractivity contribution in [2.75, 3.05) is 33.4 Å². The standard InChI is InChI=1S/C18H32N4O3/c1-18(2,3)15-12-21-16(25-15)13-22-17(19-4)20-8-5-9-24-14-6-10-23-11-7-14/h12,14H,5-11,13H2,1-4H3,(H2,19,20,22). The van der Waals surface area contributed by atoms with Crippen LogP contribution in [0.4, 0.5) is 0 Å². The third-order valence-corrected chi connectivity index (χ3v) is 4.06. The lowest BCUT2D eigenvalue weighted by molar-refractivity contribution is -0.0320. The highest BCUT2D eigenvalue weighted by Crippen LogP contribution is 2.22. The molecule has 1 fully saturated rings. The second-order valence-corrected chi connectivity index (χ2v) is 7.26. The molecule has 0 saturated carbocycles. The van der Waals surface area contributed by atoms with Gasteiger partial charge in [0.25, 0.3) is 0 Å². The maximum atomic E-state index is 5.86. The summed E-state index contributed by atoms with van der Waals surface area (Å²) in [5.41, 5.74) is -0.0321. The molecule has 0 aliphatic carbocycles. The van der Waals surface area contributed by atoms with E-state index in [0.29, 0.717) is 18.5 Å². The predicted octanol–water partition coefficient (Wildman–Crippen LogP) is 2.22. The second-order valence-electron chi connectivity index (χ2n) is 7.26. The Bertz CT molecular complexity index is 531. The van der Waals surface area contributed by atoms with Gasteiger partial charge in [-0.15, -0.1) is 0 Å². The third-order valence-electron chi connectivity index (χ3n) is 4.06. The molecule has 25 heavy (non-hydrogen) atoms. The second kappa shape index (κ2) is 9.77. The molecule has 7 heteroatoms. The molecule has 1 aliphatic rings. The predicted molar refractivity (Wildman–Crippen MR) is 97.8 cm³/mol. The van der Waals surface area contributed by atoms with Crippen LogP contribution in [-0.2, 0) is 21.4 Å². The number of nitrogens with one attached hydrogen (secondary N) is 2. The average Bonchev–Trinajstić information content (AvgIpc) is 3.07. The van der Waals surface area contributed by atoms with E-state index < -0.39 is 0 Å². The van der Waals surface area contributed by atoms with Gasteiger partial charge in [-0.25, -0.2) is 4.98 Å². The molecule has 0 aromatic carbocycles. The fourth-order valence-electron chi connectivity index (χ4n) is 2.49. The average molecular weight is 352 g/mol. The number of rotatable bonds is 7. The van der Waals surface area contributed by atoms with Gasteiger partial charge in [0.2, 0.25) is 5.89 Å². The summed E-state index contributed by atoms with van der Waals surface area (Å²) in [6.07, 6.45) is 5.09. The Morgan fingerprint density at radius 2 is 2.08 bits per heavy atom. The van der Waals surface area contributed by atoms with Crippen molar-refractivity contribution in [2.24, 2.45) is 4.99 Å². The number of aliphatic imine (C=N–C) groups is 1. The quantitative estimate of drug-likeness (QED) is 0.445. The number of hydrogen-bond donors (Lipinski definition) is 2. The van der Waals surface area contributed by atoms with Gasteiger partial charge >= 0.3 is 0 Å². The lowest BCUT2D eigenvalue weighted by atomic mass is 9.94. The molecule has 1 saturated heterocycles. The van der Waals surface area contributed by atoms with Crippen molar-refractivity contribution in [2.45, 2.75) is 58.1 Å². The topological polar surface area (TPSA) is 80.9 Å². The summed E-state index contributed by atoms with van der Waals surface area (Å²) in [7, 11) is 1.75. The molecule has 2 heterocycles. The largest absolute Gasteiger partial charge is 0.443 e. The Morgan fingerprint density at radius 1 is 1.32 bits per heavy atom. The Hall–Kier alpha value is -1.60. The maximum Gasteiger partial charge on any atom is 0.213 e. The minimum Gasteiger partial charge on any atom is -0.443 e. The molecular weight excluding hydrogens is 320 g/mol. The Balaban J connectivity index is 1.61. The normalized spacial score (nSPS) is 16.9. The van der Waals surface area contributed by atoms with Gasteiger partial charge in [0.15, 0.2) is 5.96 Å². The summed E-state index contributed by atoms with van der Waals surface area (Å²) < 4.78 is 17.0. The zero-order chi connectivity index (χ0) is 18.1. The summed E-state index contributed by atoms with van der Waals surface area (Å²) in [6.45, 7) is 10.0. The highest BCUT2D eigenvalue weighted by Gasteiger charge is 2.19. The minimum absolute atomic E-state index is 0.0321.